The number of nitrogens with zero attached hydrogens (tertiary/aromatic N) is 7. The summed E-state index contributed by atoms with van der Waals surface area (Å²) in [6.07, 6.45) is 9.09. The van der Waals surface area contributed by atoms with Gasteiger partial charge in [0.15, 0.2) is 5.56 Å². The quantitative estimate of drug-likeness (QED) is 0.531. The summed E-state index contributed by atoms with van der Waals surface area (Å²) in [4.78, 5) is 41.6. The Morgan fingerprint density at radius 2 is 1.96 bits per heavy atom. The number of amides is 1. The van der Waals surface area contributed by atoms with Crippen molar-refractivity contribution in [2.45, 2.75) is 18.8 Å². The fraction of sp³-hybridized carbons (Fsp3) is 0.294. The molecule has 3 aromatic rings. The molecule has 1 aliphatic rings. The highest BCUT2D eigenvalue weighted by Gasteiger charge is 2.30. The Morgan fingerprint density at radius 1 is 1.21 bits per heavy atom. The lowest BCUT2D eigenvalue weighted by Crippen LogP contribution is -2.38. The summed E-state index contributed by atoms with van der Waals surface area (Å²) in [6.45, 7) is 0.932. The van der Waals surface area contributed by atoms with Crippen LogP contribution in [0, 0.1) is 10.1 Å². The van der Waals surface area contributed by atoms with E-state index in [1.807, 2.05) is 0 Å². The summed E-state index contributed by atoms with van der Waals surface area (Å²) >= 11 is 0. The standard InChI is InChI=1S/C17H16N8O3/c26-17(13-9-21-23-16(13)25(27)28)24-5-2-11(3-6-24)15-20-4-1-14(22-15)12-7-18-10-19-8-12/h1,4,7-11H,2-3,5-6H2,(H,21,23). The van der Waals surface area contributed by atoms with Crippen LogP contribution in [0.15, 0.2) is 37.2 Å². The maximum Gasteiger partial charge on any atom is 0.355 e. The van der Waals surface area contributed by atoms with Crippen LogP contribution in [0.3, 0.4) is 0 Å². The average molecular weight is 380 g/mol. The summed E-state index contributed by atoms with van der Waals surface area (Å²) in [5.74, 6) is 0.0407. The first kappa shape index (κ1) is 17.6. The summed E-state index contributed by atoms with van der Waals surface area (Å²) in [6, 6.07) is 1.80. The van der Waals surface area contributed by atoms with E-state index in [-0.39, 0.29) is 17.3 Å². The molecule has 0 aliphatic carbocycles. The van der Waals surface area contributed by atoms with Gasteiger partial charge in [0.05, 0.1) is 11.9 Å². The number of hydrogen-bond donors (Lipinski definition) is 1. The number of H-pyrrole nitrogens is 1. The van der Waals surface area contributed by atoms with Crippen molar-refractivity contribution in [3.8, 4) is 11.3 Å². The Morgan fingerprint density at radius 3 is 2.68 bits per heavy atom. The molecule has 1 amide bonds. The van der Waals surface area contributed by atoms with Crippen molar-refractivity contribution in [1.29, 1.82) is 0 Å². The Balaban J connectivity index is 1.45. The first-order chi connectivity index (χ1) is 13.6. The van der Waals surface area contributed by atoms with E-state index in [0.29, 0.717) is 31.8 Å². The van der Waals surface area contributed by atoms with E-state index in [9.17, 15) is 14.9 Å². The van der Waals surface area contributed by atoms with E-state index in [1.165, 1.54) is 12.5 Å². The van der Waals surface area contributed by atoms with Crippen molar-refractivity contribution in [3.63, 3.8) is 0 Å². The van der Waals surface area contributed by atoms with Crippen LogP contribution in [0.4, 0.5) is 5.82 Å². The molecule has 0 unspecified atom stereocenters. The van der Waals surface area contributed by atoms with Crippen molar-refractivity contribution in [2.75, 3.05) is 13.1 Å². The van der Waals surface area contributed by atoms with Gasteiger partial charge in [0.2, 0.25) is 0 Å². The van der Waals surface area contributed by atoms with Crippen molar-refractivity contribution >= 4 is 11.7 Å². The zero-order chi connectivity index (χ0) is 19.5. The van der Waals surface area contributed by atoms with Gasteiger partial charge >= 0.3 is 5.82 Å². The van der Waals surface area contributed by atoms with Gasteiger partial charge in [-0.3, -0.25) is 4.79 Å². The molecule has 1 saturated heterocycles. The summed E-state index contributed by atoms with van der Waals surface area (Å²) < 4.78 is 0. The van der Waals surface area contributed by atoms with Crippen LogP contribution < -0.4 is 0 Å². The number of rotatable bonds is 4. The molecule has 1 N–H and O–H groups in total. The largest absolute Gasteiger partial charge is 0.358 e. The smallest absolute Gasteiger partial charge is 0.355 e. The lowest BCUT2D eigenvalue weighted by molar-refractivity contribution is -0.389. The minimum absolute atomic E-state index is 0.0224. The number of carbonyl (C=O) groups is 1. The molecular formula is C17H16N8O3. The topological polar surface area (TPSA) is 144 Å². The first-order valence-electron chi connectivity index (χ1n) is 8.69. The van der Waals surface area contributed by atoms with Gasteiger partial charge in [-0.1, -0.05) is 5.10 Å². The SMILES string of the molecule is O=C(c1cn[nH]c1[N+](=O)[O-])N1CCC(c2nccc(-c3cncnc3)n2)CC1. The fourth-order valence-corrected chi connectivity index (χ4v) is 3.25. The second-order valence-corrected chi connectivity index (χ2v) is 6.38. The number of aromatic amines is 1. The monoisotopic (exact) mass is 380 g/mol. The van der Waals surface area contributed by atoms with Crippen molar-refractivity contribution < 1.29 is 9.72 Å². The highest BCUT2D eigenvalue weighted by molar-refractivity contribution is 5.97. The lowest BCUT2D eigenvalue weighted by Gasteiger charge is -2.31. The highest BCUT2D eigenvalue weighted by Crippen LogP contribution is 2.28. The molecule has 0 radical (unpaired) electrons. The molecule has 11 heteroatoms. The van der Waals surface area contributed by atoms with Gasteiger partial charge in [0.25, 0.3) is 5.91 Å². The number of hydrogen-bond acceptors (Lipinski definition) is 8. The van der Waals surface area contributed by atoms with Gasteiger partial charge in [-0.2, -0.15) is 0 Å². The first-order valence-corrected chi connectivity index (χ1v) is 8.69. The number of aromatic nitrogens is 6. The zero-order valence-electron chi connectivity index (χ0n) is 14.7. The summed E-state index contributed by atoms with van der Waals surface area (Å²) in [5, 5.41) is 16.9. The van der Waals surface area contributed by atoms with E-state index < -0.39 is 10.8 Å². The Kier molecular flexibility index (Phi) is 4.70. The molecule has 4 rings (SSSR count). The summed E-state index contributed by atoms with van der Waals surface area (Å²) in [7, 11) is 0. The number of piperidine rings is 1. The third kappa shape index (κ3) is 3.41. The maximum atomic E-state index is 12.6. The molecule has 1 aliphatic heterocycles. The third-order valence-electron chi connectivity index (χ3n) is 4.71. The van der Waals surface area contributed by atoms with Crippen molar-refractivity contribution in [1.82, 2.24) is 35.0 Å². The van der Waals surface area contributed by atoms with Crippen molar-refractivity contribution in [3.05, 3.63) is 58.7 Å². The van der Waals surface area contributed by atoms with E-state index in [1.54, 1.807) is 29.6 Å². The number of nitrogens with one attached hydrogen (secondary N) is 1. The second kappa shape index (κ2) is 7.47. The van der Waals surface area contributed by atoms with E-state index in [2.05, 4.69) is 30.1 Å². The van der Waals surface area contributed by atoms with Crippen LogP contribution in [0.1, 0.15) is 34.9 Å². The van der Waals surface area contributed by atoms with E-state index in [0.717, 1.165) is 11.3 Å². The molecule has 0 saturated carbocycles. The van der Waals surface area contributed by atoms with Gasteiger partial charge < -0.3 is 15.0 Å². The molecule has 4 heterocycles. The average Bonchev–Trinajstić information content (AvgIpc) is 3.24. The van der Waals surface area contributed by atoms with Crippen LogP contribution >= 0.6 is 0 Å². The number of likely N-dealkylation sites (tertiary alicyclic amines) is 1. The van der Waals surface area contributed by atoms with Gasteiger partial charge in [0, 0.05) is 43.2 Å². The maximum absolute atomic E-state index is 12.6. The molecule has 11 nitrogen and oxygen atoms in total. The van der Waals surface area contributed by atoms with Gasteiger partial charge in [-0.25, -0.2) is 19.9 Å². The van der Waals surface area contributed by atoms with Crippen molar-refractivity contribution in [2.24, 2.45) is 0 Å². The normalized spacial score (nSPS) is 14.8. The molecule has 0 atom stereocenters. The Labute approximate surface area is 159 Å². The minimum Gasteiger partial charge on any atom is -0.358 e. The fourth-order valence-electron chi connectivity index (χ4n) is 3.25. The molecule has 1 fully saturated rings. The second-order valence-electron chi connectivity index (χ2n) is 6.38. The van der Waals surface area contributed by atoms with E-state index in [4.69, 9.17) is 0 Å². The molecule has 0 spiro atoms. The third-order valence-corrected chi connectivity index (χ3v) is 4.71. The summed E-state index contributed by atoms with van der Waals surface area (Å²) in [5.41, 5.74) is 1.54. The van der Waals surface area contributed by atoms with Gasteiger partial charge in [-0.15, -0.1) is 5.10 Å². The Hall–Kier alpha value is -3.76. The zero-order valence-corrected chi connectivity index (χ0v) is 14.7. The number of carbonyl (C=O) groups excluding carboxylic acids is 1. The Bertz CT molecular complexity index is 998. The van der Waals surface area contributed by atoms with Crippen LogP contribution in [0.5, 0.6) is 0 Å². The molecule has 3 aromatic heterocycles. The molecule has 0 aromatic carbocycles. The minimum atomic E-state index is -0.639. The van der Waals surface area contributed by atoms with Crippen LogP contribution in [-0.4, -0.2) is 59.0 Å². The highest BCUT2D eigenvalue weighted by atomic mass is 16.6. The predicted octanol–water partition coefficient (Wildman–Crippen LogP) is 1.58. The molecule has 0 bridgehead atoms. The van der Waals surface area contributed by atoms with E-state index >= 15 is 0 Å². The van der Waals surface area contributed by atoms with Crippen LogP contribution in [0.25, 0.3) is 11.3 Å². The lowest BCUT2D eigenvalue weighted by atomic mass is 9.95. The predicted molar refractivity (Wildman–Crippen MR) is 96.2 cm³/mol. The number of nitro groups is 1. The molecular weight excluding hydrogens is 364 g/mol. The van der Waals surface area contributed by atoms with Gasteiger partial charge in [-0.05, 0) is 23.8 Å². The molecule has 142 valence electrons. The van der Waals surface area contributed by atoms with Crippen LogP contribution in [-0.2, 0) is 0 Å². The molecule has 28 heavy (non-hydrogen) atoms. The van der Waals surface area contributed by atoms with Crippen LogP contribution in [0.2, 0.25) is 0 Å². The van der Waals surface area contributed by atoms with Gasteiger partial charge in [0.1, 0.15) is 12.2 Å².